The van der Waals surface area contributed by atoms with Gasteiger partial charge in [-0.2, -0.15) is 0 Å². The molecule has 1 amide bonds. The number of para-hydroxylation sites is 1. The van der Waals surface area contributed by atoms with Crippen LogP contribution in [-0.2, 0) is 4.74 Å². The molecule has 8 heteroatoms. The fourth-order valence-electron chi connectivity index (χ4n) is 3.04. The van der Waals surface area contributed by atoms with Gasteiger partial charge in [0.1, 0.15) is 23.7 Å². The van der Waals surface area contributed by atoms with E-state index in [1.54, 1.807) is 25.3 Å². The van der Waals surface area contributed by atoms with Crippen LogP contribution in [0, 0.1) is 5.82 Å². The molecule has 0 atom stereocenters. The zero-order chi connectivity index (χ0) is 19.1. The molecule has 144 valence electrons. The number of nitrogens with zero attached hydrogens (tertiary/aromatic N) is 4. The van der Waals surface area contributed by atoms with E-state index < -0.39 is 0 Å². The van der Waals surface area contributed by atoms with Crippen molar-refractivity contribution < 1.29 is 13.9 Å². The molecule has 2 heterocycles. The molecule has 0 spiro atoms. The van der Waals surface area contributed by atoms with Gasteiger partial charge in [0.25, 0.3) is 5.91 Å². The Morgan fingerprint density at radius 2 is 1.93 bits per heavy atom. The second-order valence-electron chi connectivity index (χ2n) is 6.29. The third-order valence-corrected chi connectivity index (χ3v) is 4.49. The summed E-state index contributed by atoms with van der Waals surface area (Å²) >= 11 is 0. The largest absolute Gasteiger partial charge is 0.385 e. The molecule has 0 aliphatic carbocycles. The average Bonchev–Trinajstić information content (AvgIpc) is 2.72. The summed E-state index contributed by atoms with van der Waals surface area (Å²) in [6.07, 6.45) is 2.15. The number of aromatic nitrogens is 2. The summed E-state index contributed by atoms with van der Waals surface area (Å²) in [6, 6.07) is 8.50. The van der Waals surface area contributed by atoms with Gasteiger partial charge in [-0.1, -0.05) is 12.1 Å². The highest BCUT2D eigenvalue weighted by Gasteiger charge is 2.21. The maximum atomic E-state index is 14.0. The van der Waals surface area contributed by atoms with Crippen molar-refractivity contribution in [2.24, 2.45) is 0 Å². The van der Waals surface area contributed by atoms with Crippen molar-refractivity contribution in [3.8, 4) is 0 Å². The molecule has 3 rings (SSSR count). The number of benzene rings is 1. The molecule has 1 aromatic heterocycles. The Labute approximate surface area is 158 Å². The Morgan fingerprint density at radius 3 is 2.67 bits per heavy atom. The number of piperazine rings is 1. The molecule has 1 aliphatic rings. The predicted molar refractivity (Wildman–Crippen MR) is 102 cm³/mol. The van der Waals surface area contributed by atoms with Gasteiger partial charge >= 0.3 is 0 Å². The first-order valence-electron chi connectivity index (χ1n) is 9.02. The van der Waals surface area contributed by atoms with Crippen molar-refractivity contribution in [2.75, 3.05) is 56.2 Å². The first kappa shape index (κ1) is 19.0. The molecule has 0 saturated carbocycles. The lowest BCUT2D eigenvalue weighted by Crippen LogP contribution is -2.47. The van der Waals surface area contributed by atoms with Crippen molar-refractivity contribution >= 4 is 17.4 Å². The van der Waals surface area contributed by atoms with Crippen LogP contribution >= 0.6 is 0 Å². The minimum Gasteiger partial charge on any atom is -0.385 e. The van der Waals surface area contributed by atoms with Crippen LogP contribution in [-0.4, -0.2) is 62.3 Å². The lowest BCUT2D eigenvalue weighted by atomic mass is 10.2. The summed E-state index contributed by atoms with van der Waals surface area (Å²) in [5, 5.41) is 2.82. The van der Waals surface area contributed by atoms with E-state index in [9.17, 15) is 9.18 Å². The predicted octanol–water partition coefficient (Wildman–Crippen LogP) is 1.71. The van der Waals surface area contributed by atoms with Crippen LogP contribution in [0.4, 0.5) is 15.9 Å². The number of nitrogens with one attached hydrogen (secondary N) is 1. The molecule has 1 N–H and O–H groups in total. The number of rotatable bonds is 7. The fourth-order valence-corrected chi connectivity index (χ4v) is 3.04. The Morgan fingerprint density at radius 1 is 1.19 bits per heavy atom. The maximum Gasteiger partial charge on any atom is 0.270 e. The van der Waals surface area contributed by atoms with Gasteiger partial charge in [-0.15, -0.1) is 0 Å². The van der Waals surface area contributed by atoms with E-state index in [1.807, 2.05) is 11.0 Å². The van der Waals surface area contributed by atoms with E-state index in [0.717, 1.165) is 6.42 Å². The highest BCUT2D eigenvalue weighted by atomic mass is 19.1. The smallest absolute Gasteiger partial charge is 0.270 e. The lowest BCUT2D eigenvalue weighted by Gasteiger charge is -2.36. The monoisotopic (exact) mass is 373 g/mol. The maximum absolute atomic E-state index is 14.0. The quantitative estimate of drug-likeness (QED) is 0.745. The van der Waals surface area contributed by atoms with Crippen molar-refractivity contribution in [1.29, 1.82) is 0 Å². The highest BCUT2D eigenvalue weighted by Crippen LogP contribution is 2.22. The van der Waals surface area contributed by atoms with E-state index in [4.69, 9.17) is 4.74 Å². The van der Waals surface area contributed by atoms with E-state index in [1.165, 1.54) is 12.4 Å². The van der Waals surface area contributed by atoms with Gasteiger partial charge in [-0.05, 0) is 18.6 Å². The number of hydrogen-bond acceptors (Lipinski definition) is 6. The average molecular weight is 373 g/mol. The normalized spacial score (nSPS) is 14.3. The number of halogens is 1. The molecular weight excluding hydrogens is 349 g/mol. The van der Waals surface area contributed by atoms with Gasteiger partial charge in [0, 0.05) is 52.5 Å². The first-order chi connectivity index (χ1) is 13.2. The molecule has 0 radical (unpaired) electrons. The zero-order valence-electron chi connectivity index (χ0n) is 15.4. The summed E-state index contributed by atoms with van der Waals surface area (Å²) in [7, 11) is 1.63. The van der Waals surface area contributed by atoms with Crippen molar-refractivity contribution in [2.45, 2.75) is 6.42 Å². The Bertz CT molecular complexity index is 765. The summed E-state index contributed by atoms with van der Waals surface area (Å²) in [6.45, 7) is 3.89. The third-order valence-electron chi connectivity index (χ3n) is 4.49. The summed E-state index contributed by atoms with van der Waals surface area (Å²) < 4.78 is 18.9. The third kappa shape index (κ3) is 4.91. The zero-order valence-corrected chi connectivity index (χ0v) is 15.4. The van der Waals surface area contributed by atoms with Gasteiger partial charge in [-0.3, -0.25) is 4.79 Å². The van der Waals surface area contributed by atoms with Crippen LogP contribution in [0.5, 0.6) is 0 Å². The van der Waals surface area contributed by atoms with Crippen LogP contribution in [0.25, 0.3) is 0 Å². The molecule has 27 heavy (non-hydrogen) atoms. The van der Waals surface area contributed by atoms with E-state index in [2.05, 4.69) is 20.2 Å². The van der Waals surface area contributed by atoms with Gasteiger partial charge in [0.05, 0.1) is 5.69 Å². The Balaban J connectivity index is 1.58. The van der Waals surface area contributed by atoms with Crippen LogP contribution in [0.15, 0.2) is 36.7 Å². The van der Waals surface area contributed by atoms with Crippen molar-refractivity contribution in [3.05, 3.63) is 48.2 Å². The van der Waals surface area contributed by atoms with Gasteiger partial charge < -0.3 is 19.9 Å². The highest BCUT2D eigenvalue weighted by molar-refractivity contribution is 5.92. The minimum absolute atomic E-state index is 0.208. The molecule has 1 fully saturated rings. The summed E-state index contributed by atoms with van der Waals surface area (Å²) in [5.41, 5.74) is 0.963. The van der Waals surface area contributed by atoms with Crippen LogP contribution in [0.1, 0.15) is 16.9 Å². The second-order valence-corrected chi connectivity index (χ2v) is 6.29. The number of anilines is 2. The standard InChI is InChI=1S/C19H24FN5O2/c1-27-12-4-7-21-19(26)16-13-18(23-14-22-16)25-10-8-24(9-11-25)17-6-3-2-5-15(17)20/h2-3,5-6,13-14H,4,7-12H2,1H3,(H,21,26). The molecule has 0 unspecified atom stereocenters. The Hall–Kier alpha value is -2.74. The molecule has 7 nitrogen and oxygen atoms in total. The summed E-state index contributed by atoms with van der Waals surface area (Å²) in [4.78, 5) is 24.7. The van der Waals surface area contributed by atoms with Crippen molar-refractivity contribution in [1.82, 2.24) is 15.3 Å². The van der Waals surface area contributed by atoms with E-state index >= 15 is 0 Å². The first-order valence-corrected chi connectivity index (χ1v) is 9.02. The van der Waals surface area contributed by atoms with E-state index in [-0.39, 0.29) is 11.7 Å². The Kier molecular flexibility index (Phi) is 6.54. The number of carbonyl (C=O) groups is 1. The van der Waals surface area contributed by atoms with E-state index in [0.29, 0.717) is 56.5 Å². The van der Waals surface area contributed by atoms with Crippen molar-refractivity contribution in [3.63, 3.8) is 0 Å². The minimum atomic E-state index is -0.222. The number of carbonyl (C=O) groups excluding carboxylic acids is 1. The number of hydrogen-bond donors (Lipinski definition) is 1. The molecule has 1 aliphatic heterocycles. The second kappa shape index (κ2) is 9.27. The van der Waals surface area contributed by atoms with Crippen LogP contribution in [0.2, 0.25) is 0 Å². The van der Waals surface area contributed by atoms with Gasteiger partial charge in [-0.25, -0.2) is 14.4 Å². The topological polar surface area (TPSA) is 70.6 Å². The van der Waals surface area contributed by atoms with Gasteiger partial charge in [0.2, 0.25) is 0 Å². The van der Waals surface area contributed by atoms with Gasteiger partial charge in [0.15, 0.2) is 0 Å². The van der Waals surface area contributed by atoms with Crippen LogP contribution in [0.3, 0.4) is 0 Å². The molecule has 2 aromatic rings. The molecule has 1 aromatic carbocycles. The molecule has 0 bridgehead atoms. The number of amides is 1. The summed E-state index contributed by atoms with van der Waals surface area (Å²) in [5.74, 6) is 0.278. The van der Waals surface area contributed by atoms with Crippen LogP contribution < -0.4 is 15.1 Å². The number of methoxy groups -OCH3 is 1. The fraction of sp³-hybridized carbons (Fsp3) is 0.421. The molecule has 1 saturated heterocycles. The SMILES string of the molecule is COCCCNC(=O)c1cc(N2CCN(c3ccccc3F)CC2)ncn1. The molecular formula is C19H24FN5O2. The number of ether oxygens (including phenoxy) is 1. The lowest BCUT2D eigenvalue weighted by molar-refractivity contribution is 0.0943.